The average Bonchev–Trinajstić information content (AvgIpc) is 3.05. The molecule has 0 N–H and O–H groups in total. The molecule has 0 bridgehead atoms. The lowest BCUT2D eigenvalue weighted by atomic mass is 10.2. The van der Waals surface area contributed by atoms with Gasteiger partial charge in [0.2, 0.25) is 0 Å². The largest absolute Gasteiger partial charge is 0.359 e. The lowest BCUT2D eigenvalue weighted by Gasteiger charge is -2.15. The van der Waals surface area contributed by atoms with Crippen LogP contribution in [0.3, 0.4) is 0 Å². The first kappa shape index (κ1) is 21.2. The first-order valence-corrected chi connectivity index (χ1v) is 13.3. The summed E-state index contributed by atoms with van der Waals surface area (Å²) in [5, 5.41) is 4.55. The highest BCUT2D eigenvalue weighted by Gasteiger charge is 2.15. The number of nitrogens with zero attached hydrogens (tertiary/aromatic N) is 3. The van der Waals surface area contributed by atoms with Gasteiger partial charge in [-0.2, -0.15) is 5.10 Å². The topological polar surface area (TPSA) is 75.3 Å². The second-order valence-corrected chi connectivity index (χ2v) is 13.8. The molecule has 0 saturated carbocycles. The van der Waals surface area contributed by atoms with Crippen molar-refractivity contribution in [1.29, 1.82) is 0 Å². The zero-order chi connectivity index (χ0) is 20.9. The van der Waals surface area contributed by atoms with E-state index in [1.165, 1.54) is 4.68 Å². The number of benzene rings is 1. The number of carbonyl (C=O) groups excluding carboxylic acids is 1. The molecule has 2 aromatic heterocycles. The Morgan fingerprint density at radius 2 is 1.86 bits per heavy atom. The molecular formula is C21H27N3O4Si. The summed E-state index contributed by atoms with van der Waals surface area (Å²) in [6, 6.07) is 10.8. The lowest BCUT2D eigenvalue weighted by Crippen LogP contribution is -2.26. The monoisotopic (exact) mass is 413 g/mol. The van der Waals surface area contributed by atoms with E-state index in [0.29, 0.717) is 36.0 Å². The van der Waals surface area contributed by atoms with E-state index in [9.17, 15) is 9.59 Å². The number of hydrogen-bond acceptors (Lipinski definition) is 5. The molecule has 0 amide bonds. The third kappa shape index (κ3) is 5.50. The van der Waals surface area contributed by atoms with Crippen molar-refractivity contribution < 1.29 is 14.3 Å². The van der Waals surface area contributed by atoms with Gasteiger partial charge in [0, 0.05) is 26.4 Å². The quantitative estimate of drug-likeness (QED) is 0.289. The lowest BCUT2D eigenvalue weighted by molar-refractivity contribution is 0.0664. The number of aldehydes is 1. The fourth-order valence-corrected chi connectivity index (χ4v) is 3.68. The molecule has 0 fully saturated rings. The summed E-state index contributed by atoms with van der Waals surface area (Å²) in [5.74, 6) is 0. The van der Waals surface area contributed by atoms with Crippen molar-refractivity contribution in [3.63, 3.8) is 0 Å². The second-order valence-electron chi connectivity index (χ2n) is 8.19. The van der Waals surface area contributed by atoms with Crippen molar-refractivity contribution in [1.82, 2.24) is 14.3 Å². The predicted octanol–water partition coefficient (Wildman–Crippen LogP) is 3.50. The number of rotatable bonds is 10. The van der Waals surface area contributed by atoms with E-state index in [4.69, 9.17) is 9.47 Å². The predicted molar refractivity (Wildman–Crippen MR) is 115 cm³/mol. The maximum absolute atomic E-state index is 12.8. The molecule has 3 rings (SSSR count). The van der Waals surface area contributed by atoms with Gasteiger partial charge >= 0.3 is 0 Å². The SMILES string of the molecule is C[Si](C)(C)CCOCn1ncc2c(c(C=O)cn2COCc2ccccc2)c1=O. The van der Waals surface area contributed by atoms with Gasteiger partial charge in [-0.1, -0.05) is 50.0 Å². The molecule has 154 valence electrons. The number of ether oxygens (including phenoxy) is 2. The smallest absolute Gasteiger partial charge is 0.279 e. The van der Waals surface area contributed by atoms with Crippen molar-refractivity contribution >= 4 is 25.3 Å². The summed E-state index contributed by atoms with van der Waals surface area (Å²) in [6.45, 7) is 8.14. The van der Waals surface area contributed by atoms with Crippen LogP contribution in [0, 0.1) is 0 Å². The molecule has 0 saturated heterocycles. The minimum atomic E-state index is -1.20. The van der Waals surface area contributed by atoms with Crippen LogP contribution in [-0.4, -0.2) is 35.3 Å². The highest BCUT2D eigenvalue weighted by atomic mass is 28.3. The van der Waals surface area contributed by atoms with Crippen LogP contribution in [0.1, 0.15) is 15.9 Å². The summed E-state index contributed by atoms with van der Waals surface area (Å²) < 4.78 is 14.4. The van der Waals surface area contributed by atoms with Crippen LogP contribution in [0.2, 0.25) is 25.7 Å². The molecule has 7 nitrogen and oxygen atoms in total. The van der Waals surface area contributed by atoms with Crippen molar-refractivity contribution in [2.45, 2.75) is 45.8 Å². The van der Waals surface area contributed by atoms with Gasteiger partial charge in [-0.05, 0) is 11.6 Å². The summed E-state index contributed by atoms with van der Waals surface area (Å²) in [4.78, 5) is 24.3. The molecule has 29 heavy (non-hydrogen) atoms. The molecule has 0 unspecified atom stereocenters. The Hall–Kier alpha value is -2.55. The van der Waals surface area contributed by atoms with Gasteiger partial charge in [0.15, 0.2) is 6.29 Å². The summed E-state index contributed by atoms with van der Waals surface area (Å²) in [5.41, 5.74) is 1.62. The standard InChI is InChI=1S/C21H27N3O4Si/c1-29(2,3)10-9-27-16-24-21(26)20-18(13-25)12-23(19(20)11-22-24)15-28-14-17-7-5-4-6-8-17/h4-8,11-13H,9-10,14-16H2,1-3H3. The van der Waals surface area contributed by atoms with E-state index in [1.807, 2.05) is 30.3 Å². The van der Waals surface area contributed by atoms with E-state index in [1.54, 1.807) is 17.0 Å². The average molecular weight is 414 g/mol. The van der Waals surface area contributed by atoms with Gasteiger partial charge in [-0.3, -0.25) is 9.59 Å². The maximum Gasteiger partial charge on any atom is 0.279 e. The van der Waals surface area contributed by atoms with Crippen molar-refractivity contribution in [2.75, 3.05) is 6.61 Å². The van der Waals surface area contributed by atoms with Gasteiger partial charge in [-0.25, -0.2) is 4.68 Å². The molecule has 1 aromatic carbocycles. The van der Waals surface area contributed by atoms with Crippen molar-refractivity contribution in [3.8, 4) is 0 Å². The van der Waals surface area contributed by atoms with Crippen molar-refractivity contribution in [3.05, 3.63) is 64.2 Å². The number of aromatic nitrogens is 3. The van der Waals surface area contributed by atoms with Crippen LogP contribution in [-0.2, 0) is 29.5 Å². The van der Waals surface area contributed by atoms with E-state index in [-0.39, 0.29) is 19.0 Å². The Morgan fingerprint density at radius 3 is 2.55 bits per heavy atom. The number of hydrogen-bond donors (Lipinski definition) is 0. The number of carbonyl (C=O) groups is 1. The zero-order valence-electron chi connectivity index (χ0n) is 17.1. The van der Waals surface area contributed by atoms with Gasteiger partial charge in [-0.15, -0.1) is 0 Å². The Bertz CT molecular complexity index is 1020. The third-order valence-corrected chi connectivity index (χ3v) is 6.30. The maximum atomic E-state index is 12.8. The molecule has 0 aliphatic rings. The highest BCUT2D eigenvalue weighted by Crippen LogP contribution is 2.16. The minimum absolute atomic E-state index is 0.0766. The van der Waals surface area contributed by atoms with E-state index in [2.05, 4.69) is 24.7 Å². The molecule has 0 radical (unpaired) electrons. The Kier molecular flexibility index (Phi) is 6.78. The van der Waals surface area contributed by atoms with Crippen LogP contribution in [0.4, 0.5) is 0 Å². The molecule has 0 aliphatic carbocycles. The first-order valence-electron chi connectivity index (χ1n) is 9.62. The first-order chi connectivity index (χ1) is 13.9. The summed E-state index contributed by atoms with van der Waals surface area (Å²) in [7, 11) is -1.20. The van der Waals surface area contributed by atoms with Gasteiger partial charge in [0.05, 0.1) is 23.7 Å². The van der Waals surface area contributed by atoms with Crippen molar-refractivity contribution in [2.24, 2.45) is 0 Å². The molecular weight excluding hydrogens is 386 g/mol. The van der Waals surface area contributed by atoms with Crippen LogP contribution < -0.4 is 5.56 Å². The van der Waals surface area contributed by atoms with Crippen LogP contribution in [0.25, 0.3) is 10.9 Å². The summed E-state index contributed by atoms with van der Waals surface area (Å²) >= 11 is 0. The second kappa shape index (κ2) is 9.30. The molecule has 0 spiro atoms. The third-order valence-electron chi connectivity index (χ3n) is 4.60. The molecule has 0 atom stereocenters. The Morgan fingerprint density at radius 1 is 1.10 bits per heavy atom. The van der Waals surface area contributed by atoms with E-state index >= 15 is 0 Å². The summed E-state index contributed by atoms with van der Waals surface area (Å²) in [6.07, 6.45) is 3.90. The normalized spacial score (nSPS) is 11.8. The van der Waals surface area contributed by atoms with Crippen LogP contribution >= 0.6 is 0 Å². The van der Waals surface area contributed by atoms with Gasteiger partial charge in [0.25, 0.3) is 5.56 Å². The zero-order valence-corrected chi connectivity index (χ0v) is 18.1. The van der Waals surface area contributed by atoms with Crippen LogP contribution in [0.5, 0.6) is 0 Å². The van der Waals surface area contributed by atoms with E-state index < -0.39 is 8.07 Å². The Labute approximate surface area is 170 Å². The highest BCUT2D eigenvalue weighted by molar-refractivity contribution is 6.76. The number of fused-ring (bicyclic) bond motifs is 1. The molecule has 8 heteroatoms. The molecule has 2 heterocycles. The fraction of sp³-hybridized carbons (Fsp3) is 0.381. The van der Waals surface area contributed by atoms with Gasteiger partial charge < -0.3 is 14.0 Å². The molecule has 3 aromatic rings. The van der Waals surface area contributed by atoms with E-state index in [0.717, 1.165) is 11.6 Å². The molecule has 0 aliphatic heterocycles. The fourth-order valence-electron chi connectivity index (χ4n) is 2.92. The van der Waals surface area contributed by atoms with Crippen LogP contribution in [0.15, 0.2) is 47.5 Å². The Balaban J connectivity index is 1.73. The minimum Gasteiger partial charge on any atom is -0.359 e. The van der Waals surface area contributed by atoms with Gasteiger partial charge in [0.1, 0.15) is 13.5 Å².